The van der Waals surface area contributed by atoms with Crippen molar-refractivity contribution in [2.24, 2.45) is 0 Å². The molecule has 0 aliphatic heterocycles. The summed E-state index contributed by atoms with van der Waals surface area (Å²) in [5.41, 5.74) is -1.03. The highest BCUT2D eigenvalue weighted by Crippen LogP contribution is 2.30. The van der Waals surface area contributed by atoms with E-state index < -0.39 is 26.4 Å². The van der Waals surface area contributed by atoms with Crippen molar-refractivity contribution >= 4 is 38.0 Å². The van der Waals surface area contributed by atoms with Gasteiger partial charge in [-0.05, 0) is 30.7 Å². The number of fused-ring (bicyclic) bond motifs is 2. The number of carboxylic acid groups (broad SMARTS) is 1. The molecule has 3 aromatic rings. The first-order valence-electron chi connectivity index (χ1n) is 10.1. The molecular formula is C22H24O8S. The largest absolute Gasteiger partial charge is 0.494 e. The highest BCUT2D eigenvalue weighted by atomic mass is 32.2. The average Bonchev–Trinajstić information content (AvgIpc) is 2.72. The van der Waals surface area contributed by atoms with Crippen molar-refractivity contribution in [2.45, 2.75) is 50.3 Å². The molecule has 0 amide bonds. The van der Waals surface area contributed by atoms with E-state index in [1.54, 1.807) is 0 Å². The SMILES string of the molecule is CCCCCCCCOc1cc(S(=O)(=O)O)c2oc3ccc(C(=O)O)cc3c(=O)c2c1. The van der Waals surface area contributed by atoms with Crippen LogP contribution < -0.4 is 10.2 Å². The Bertz CT molecular complexity index is 1270. The molecule has 0 spiro atoms. The maximum absolute atomic E-state index is 13.0. The third-order valence-electron chi connectivity index (χ3n) is 5.00. The van der Waals surface area contributed by atoms with Crippen LogP contribution in [0.2, 0.25) is 0 Å². The van der Waals surface area contributed by atoms with E-state index in [1.807, 2.05) is 0 Å². The van der Waals surface area contributed by atoms with Gasteiger partial charge in [0.05, 0.1) is 22.9 Å². The Kier molecular flexibility index (Phi) is 6.97. The highest BCUT2D eigenvalue weighted by molar-refractivity contribution is 7.86. The summed E-state index contributed by atoms with van der Waals surface area (Å²) in [6, 6.07) is 6.15. The van der Waals surface area contributed by atoms with E-state index in [2.05, 4.69) is 6.92 Å². The van der Waals surface area contributed by atoms with Gasteiger partial charge in [0.1, 0.15) is 16.2 Å². The molecule has 0 fully saturated rings. The molecule has 0 radical (unpaired) electrons. The predicted molar refractivity (Wildman–Crippen MR) is 116 cm³/mol. The van der Waals surface area contributed by atoms with Crippen LogP contribution in [-0.4, -0.2) is 30.7 Å². The summed E-state index contributed by atoms with van der Waals surface area (Å²) in [6.07, 6.45) is 6.27. The fourth-order valence-electron chi connectivity index (χ4n) is 3.38. The Balaban J connectivity index is 2.01. The number of rotatable bonds is 10. The van der Waals surface area contributed by atoms with Crippen LogP contribution in [0.5, 0.6) is 5.75 Å². The second-order valence-electron chi connectivity index (χ2n) is 7.34. The van der Waals surface area contributed by atoms with Crippen LogP contribution in [0.15, 0.2) is 44.4 Å². The monoisotopic (exact) mass is 448 g/mol. The van der Waals surface area contributed by atoms with Gasteiger partial charge in [0.25, 0.3) is 10.1 Å². The van der Waals surface area contributed by atoms with Gasteiger partial charge in [-0.1, -0.05) is 39.0 Å². The summed E-state index contributed by atoms with van der Waals surface area (Å²) in [6.45, 7) is 2.46. The molecule has 2 N–H and O–H groups in total. The first kappa shape index (κ1) is 22.8. The lowest BCUT2D eigenvalue weighted by molar-refractivity contribution is 0.0697. The molecule has 0 aliphatic rings. The maximum atomic E-state index is 13.0. The van der Waals surface area contributed by atoms with Crippen molar-refractivity contribution in [3.05, 3.63) is 46.1 Å². The molecular weight excluding hydrogens is 424 g/mol. The van der Waals surface area contributed by atoms with E-state index in [0.717, 1.165) is 38.2 Å². The van der Waals surface area contributed by atoms with Crippen LogP contribution in [-0.2, 0) is 10.1 Å². The summed E-state index contributed by atoms with van der Waals surface area (Å²) < 4.78 is 44.7. The highest BCUT2D eigenvalue weighted by Gasteiger charge is 2.22. The van der Waals surface area contributed by atoms with Crippen LogP contribution in [0.4, 0.5) is 0 Å². The summed E-state index contributed by atoms with van der Waals surface area (Å²) in [5, 5.41) is 9.03. The number of carbonyl (C=O) groups is 1. The van der Waals surface area contributed by atoms with Gasteiger partial charge in [0, 0.05) is 6.07 Å². The molecule has 1 aromatic heterocycles. The van der Waals surface area contributed by atoms with Gasteiger partial charge in [-0.2, -0.15) is 8.42 Å². The Morgan fingerprint density at radius 3 is 2.42 bits per heavy atom. The van der Waals surface area contributed by atoms with Gasteiger partial charge in [0.15, 0.2) is 5.58 Å². The predicted octanol–water partition coefficient (Wildman–Crippen LogP) is 4.63. The minimum absolute atomic E-state index is 0.00754. The second kappa shape index (κ2) is 9.49. The molecule has 1 heterocycles. The molecule has 2 aromatic carbocycles. The zero-order valence-corrected chi connectivity index (χ0v) is 17.9. The number of ether oxygens (including phenoxy) is 1. The smallest absolute Gasteiger partial charge is 0.335 e. The number of hydrogen-bond donors (Lipinski definition) is 2. The molecule has 0 atom stereocenters. The summed E-state index contributed by atoms with van der Waals surface area (Å²) in [5.74, 6) is -1.11. The van der Waals surface area contributed by atoms with Gasteiger partial charge in [-0.15, -0.1) is 0 Å². The fraction of sp³-hybridized carbons (Fsp3) is 0.364. The van der Waals surface area contributed by atoms with E-state index in [1.165, 1.54) is 30.7 Å². The maximum Gasteiger partial charge on any atom is 0.335 e. The topological polar surface area (TPSA) is 131 Å². The fourth-order valence-corrected chi connectivity index (χ4v) is 4.03. The molecule has 0 saturated carbocycles. The zero-order valence-electron chi connectivity index (χ0n) is 17.1. The lowest BCUT2D eigenvalue weighted by atomic mass is 10.1. The molecule has 0 bridgehead atoms. The third kappa shape index (κ3) is 5.23. The third-order valence-corrected chi connectivity index (χ3v) is 5.86. The van der Waals surface area contributed by atoms with Gasteiger partial charge < -0.3 is 14.3 Å². The first-order valence-corrected chi connectivity index (χ1v) is 11.5. The number of carboxylic acids is 1. The number of unbranched alkanes of at least 4 members (excludes halogenated alkanes) is 5. The van der Waals surface area contributed by atoms with Crippen molar-refractivity contribution in [3.63, 3.8) is 0 Å². The molecule has 31 heavy (non-hydrogen) atoms. The quantitative estimate of drug-likeness (QED) is 0.261. The van der Waals surface area contributed by atoms with E-state index in [0.29, 0.717) is 6.61 Å². The van der Waals surface area contributed by atoms with Crippen LogP contribution in [0.25, 0.3) is 21.9 Å². The lowest BCUT2D eigenvalue weighted by Gasteiger charge is -2.10. The Hall–Kier alpha value is -2.91. The van der Waals surface area contributed by atoms with Crippen molar-refractivity contribution in [1.82, 2.24) is 0 Å². The molecule has 8 nitrogen and oxygen atoms in total. The number of hydrogen-bond acceptors (Lipinski definition) is 6. The van der Waals surface area contributed by atoms with Crippen LogP contribution in [0.1, 0.15) is 55.8 Å². The Morgan fingerprint density at radius 1 is 1.03 bits per heavy atom. The van der Waals surface area contributed by atoms with Gasteiger partial charge in [0.2, 0.25) is 5.43 Å². The summed E-state index contributed by atoms with van der Waals surface area (Å²) >= 11 is 0. The van der Waals surface area contributed by atoms with E-state index >= 15 is 0 Å². The average molecular weight is 448 g/mol. The van der Waals surface area contributed by atoms with Crippen molar-refractivity contribution < 1.29 is 32.0 Å². The molecule has 0 saturated heterocycles. The number of benzene rings is 2. The van der Waals surface area contributed by atoms with Gasteiger partial charge >= 0.3 is 5.97 Å². The van der Waals surface area contributed by atoms with Crippen molar-refractivity contribution in [3.8, 4) is 5.75 Å². The standard InChI is InChI=1S/C22H24O8S/c1-2-3-4-5-6-7-10-29-15-12-17-20(23)16-11-14(22(24)25)8-9-18(16)30-21(17)19(13-15)31(26,27)28/h8-9,11-13H,2-7,10H2,1H3,(H,24,25)(H,26,27,28). The minimum Gasteiger partial charge on any atom is -0.494 e. The van der Waals surface area contributed by atoms with E-state index in [4.69, 9.17) is 14.3 Å². The van der Waals surface area contributed by atoms with E-state index in [9.17, 15) is 22.6 Å². The Morgan fingerprint density at radius 2 is 1.74 bits per heavy atom. The normalized spacial score (nSPS) is 11.8. The van der Waals surface area contributed by atoms with Crippen LogP contribution >= 0.6 is 0 Å². The van der Waals surface area contributed by atoms with Crippen LogP contribution in [0.3, 0.4) is 0 Å². The second-order valence-corrected chi connectivity index (χ2v) is 8.73. The molecule has 3 rings (SSSR count). The van der Waals surface area contributed by atoms with Crippen LogP contribution in [0, 0.1) is 0 Å². The first-order chi connectivity index (χ1) is 14.7. The molecule has 0 unspecified atom stereocenters. The zero-order chi connectivity index (χ0) is 22.6. The van der Waals surface area contributed by atoms with Gasteiger partial charge in [-0.3, -0.25) is 9.35 Å². The summed E-state index contributed by atoms with van der Waals surface area (Å²) in [4.78, 5) is 23.6. The molecule has 166 valence electrons. The Labute approximate surface area is 179 Å². The van der Waals surface area contributed by atoms with E-state index in [-0.39, 0.29) is 33.3 Å². The molecule has 9 heteroatoms. The van der Waals surface area contributed by atoms with Gasteiger partial charge in [-0.25, -0.2) is 4.79 Å². The minimum atomic E-state index is -4.71. The van der Waals surface area contributed by atoms with Crippen molar-refractivity contribution in [2.75, 3.05) is 6.61 Å². The number of aromatic carboxylic acids is 1. The molecule has 0 aliphatic carbocycles. The van der Waals surface area contributed by atoms with Crippen molar-refractivity contribution in [1.29, 1.82) is 0 Å². The lowest BCUT2D eigenvalue weighted by Crippen LogP contribution is -2.09. The summed E-state index contributed by atoms with van der Waals surface area (Å²) in [7, 11) is -4.71.